The quantitative estimate of drug-likeness (QED) is 0.908. The summed E-state index contributed by atoms with van der Waals surface area (Å²) in [6.45, 7) is 10.0. The largest absolute Gasteiger partial charge is 0.312 e. The minimum absolute atomic E-state index is 0.275. The van der Waals surface area contributed by atoms with E-state index in [0.29, 0.717) is 18.0 Å². The van der Waals surface area contributed by atoms with Crippen molar-refractivity contribution in [3.05, 3.63) is 15.8 Å². The molecule has 0 radical (unpaired) electrons. The number of hydrogen-bond acceptors (Lipinski definition) is 4. The highest BCUT2D eigenvalue weighted by atomic mass is 32.2. The van der Waals surface area contributed by atoms with Crippen LogP contribution < -0.4 is 5.32 Å². The normalized spacial score (nSPS) is 19.6. The topological polar surface area (TPSA) is 49.4 Å². The molecule has 1 aromatic rings. The molecule has 4 nitrogen and oxygen atoms in total. The maximum Gasteiger partial charge on any atom is 0.244 e. The molecule has 1 saturated heterocycles. The number of rotatable bonds is 5. The molecule has 1 N–H and O–H groups in total. The minimum Gasteiger partial charge on any atom is -0.312 e. The number of hydrogen-bond donors (Lipinski definition) is 1. The Bertz CT molecular complexity index is 576. The SMILES string of the molecule is CCNCc1scc(C)c1S(=O)(=O)N1CCCC1(C)C. The van der Waals surface area contributed by atoms with E-state index >= 15 is 0 Å². The Morgan fingerprint density at radius 2 is 2.15 bits per heavy atom. The molecule has 2 heterocycles. The molecule has 1 aromatic heterocycles. The standard InChI is InChI=1S/C14H24N2O2S2/c1-5-15-9-12-13(11(2)10-19-12)20(17,18)16-8-6-7-14(16,3)4/h10,15H,5-9H2,1-4H3. The number of nitrogens with zero attached hydrogens (tertiary/aromatic N) is 1. The van der Waals surface area contributed by atoms with E-state index in [1.807, 2.05) is 33.1 Å². The number of aryl methyl sites for hydroxylation is 1. The lowest BCUT2D eigenvalue weighted by molar-refractivity contribution is 0.291. The Morgan fingerprint density at radius 3 is 2.70 bits per heavy atom. The van der Waals surface area contributed by atoms with Gasteiger partial charge in [-0.15, -0.1) is 11.3 Å². The second kappa shape index (κ2) is 5.75. The average Bonchev–Trinajstić information content (AvgIpc) is 2.89. The maximum atomic E-state index is 13.0. The Hall–Kier alpha value is -0.430. The third kappa shape index (κ3) is 2.79. The average molecular weight is 316 g/mol. The van der Waals surface area contributed by atoms with Crippen LogP contribution >= 0.6 is 11.3 Å². The molecule has 0 amide bonds. The van der Waals surface area contributed by atoms with Crippen LogP contribution in [0, 0.1) is 6.92 Å². The van der Waals surface area contributed by atoms with Gasteiger partial charge in [-0.3, -0.25) is 0 Å². The van der Waals surface area contributed by atoms with Crippen molar-refractivity contribution in [1.29, 1.82) is 0 Å². The summed E-state index contributed by atoms with van der Waals surface area (Å²) in [5, 5.41) is 5.18. The van der Waals surface area contributed by atoms with Gasteiger partial charge >= 0.3 is 0 Å². The molecular weight excluding hydrogens is 292 g/mol. The monoisotopic (exact) mass is 316 g/mol. The molecule has 0 unspecified atom stereocenters. The van der Waals surface area contributed by atoms with Crippen LogP contribution in [0.5, 0.6) is 0 Å². The molecule has 1 fully saturated rings. The van der Waals surface area contributed by atoms with Gasteiger partial charge in [0.25, 0.3) is 0 Å². The fourth-order valence-electron chi connectivity index (χ4n) is 2.83. The molecule has 1 aliphatic rings. The van der Waals surface area contributed by atoms with Gasteiger partial charge in [0, 0.05) is 23.5 Å². The Labute approximate surface area is 126 Å². The molecule has 0 atom stereocenters. The molecule has 2 rings (SSSR count). The van der Waals surface area contributed by atoms with Gasteiger partial charge in [-0.25, -0.2) is 8.42 Å². The van der Waals surface area contributed by atoms with Gasteiger partial charge in [-0.1, -0.05) is 6.92 Å². The molecule has 0 aliphatic carbocycles. The van der Waals surface area contributed by atoms with Crippen LogP contribution in [0.4, 0.5) is 0 Å². The predicted octanol–water partition coefficient (Wildman–Crippen LogP) is 2.73. The van der Waals surface area contributed by atoms with E-state index in [4.69, 9.17) is 0 Å². The summed E-state index contributed by atoms with van der Waals surface area (Å²) < 4.78 is 27.7. The highest BCUT2D eigenvalue weighted by Gasteiger charge is 2.42. The van der Waals surface area contributed by atoms with Crippen LogP contribution in [-0.4, -0.2) is 31.4 Å². The zero-order chi connectivity index (χ0) is 15.0. The van der Waals surface area contributed by atoms with Gasteiger partial charge in [0.1, 0.15) is 4.90 Å². The van der Waals surface area contributed by atoms with Crippen molar-refractivity contribution < 1.29 is 8.42 Å². The summed E-state index contributed by atoms with van der Waals surface area (Å²) in [5.41, 5.74) is 0.591. The summed E-state index contributed by atoms with van der Waals surface area (Å²) in [7, 11) is -3.39. The van der Waals surface area contributed by atoms with E-state index in [2.05, 4.69) is 5.32 Å². The first kappa shape index (κ1) is 15.9. The molecule has 0 saturated carbocycles. The van der Waals surface area contributed by atoms with E-state index in [1.165, 1.54) is 11.3 Å². The summed E-state index contributed by atoms with van der Waals surface area (Å²) in [6, 6.07) is 0. The summed E-state index contributed by atoms with van der Waals surface area (Å²) >= 11 is 1.53. The maximum absolute atomic E-state index is 13.0. The van der Waals surface area contributed by atoms with Gasteiger partial charge in [0.05, 0.1) is 0 Å². The molecule has 0 spiro atoms. The molecule has 6 heteroatoms. The summed E-state index contributed by atoms with van der Waals surface area (Å²) in [4.78, 5) is 1.45. The van der Waals surface area contributed by atoms with Crippen LogP contribution in [0.2, 0.25) is 0 Å². The molecule has 114 valence electrons. The number of thiophene rings is 1. The third-order valence-corrected chi connectivity index (χ3v) is 7.47. The minimum atomic E-state index is -3.39. The lowest BCUT2D eigenvalue weighted by Crippen LogP contribution is -2.42. The molecule has 20 heavy (non-hydrogen) atoms. The van der Waals surface area contributed by atoms with E-state index in [1.54, 1.807) is 4.31 Å². The fourth-order valence-corrected chi connectivity index (χ4v) is 6.42. The Morgan fingerprint density at radius 1 is 1.45 bits per heavy atom. The van der Waals surface area contributed by atoms with Crippen LogP contribution in [-0.2, 0) is 16.6 Å². The van der Waals surface area contributed by atoms with Crippen molar-refractivity contribution in [2.75, 3.05) is 13.1 Å². The summed E-state index contributed by atoms with van der Waals surface area (Å²) in [5.74, 6) is 0. The van der Waals surface area contributed by atoms with Crippen molar-refractivity contribution in [3.8, 4) is 0 Å². The van der Waals surface area contributed by atoms with Gasteiger partial charge in [0.15, 0.2) is 0 Å². The molecule has 0 bridgehead atoms. The fraction of sp³-hybridized carbons (Fsp3) is 0.714. The van der Waals surface area contributed by atoms with E-state index in [-0.39, 0.29) is 5.54 Å². The van der Waals surface area contributed by atoms with Crippen molar-refractivity contribution in [2.45, 2.75) is 57.5 Å². The van der Waals surface area contributed by atoms with Gasteiger partial charge in [0.2, 0.25) is 10.0 Å². The van der Waals surface area contributed by atoms with Crippen LogP contribution in [0.25, 0.3) is 0 Å². The number of sulfonamides is 1. The zero-order valence-corrected chi connectivity index (χ0v) is 14.3. The lowest BCUT2D eigenvalue weighted by atomic mass is 10.0. The van der Waals surface area contributed by atoms with Crippen molar-refractivity contribution in [2.24, 2.45) is 0 Å². The van der Waals surface area contributed by atoms with E-state index in [9.17, 15) is 8.42 Å². The van der Waals surface area contributed by atoms with Crippen LogP contribution in [0.3, 0.4) is 0 Å². The van der Waals surface area contributed by atoms with E-state index < -0.39 is 10.0 Å². The van der Waals surface area contributed by atoms with Gasteiger partial charge in [-0.05, 0) is 51.1 Å². The smallest absolute Gasteiger partial charge is 0.244 e. The Kier molecular flexibility index (Phi) is 4.59. The lowest BCUT2D eigenvalue weighted by Gasteiger charge is -2.31. The zero-order valence-electron chi connectivity index (χ0n) is 12.7. The second-order valence-electron chi connectivity index (χ2n) is 5.94. The van der Waals surface area contributed by atoms with Crippen molar-refractivity contribution in [3.63, 3.8) is 0 Å². The first-order chi connectivity index (χ1) is 9.30. The first-order valence-corrected chi connectivity index (χ1v) is 9.43. The highest BCUT2D eigenvalue weighted by molar-refractivity contribution is 7.89. The summed E-state index contributed by atoms with van der Waals surface area (Å²) in [6.07, 6.45) is 1.87. The predicted molar refractivity (Wildman–Crippen MR) is 83.6 cm³/mol. The molecule has 0 aromatic carbocycles. The van der Waals surface area contributed by atoms with Crippen molar-refractivity contribution >= 4 is 21.4 Å². The first-order valence-electron chi connectivity index (χ1n) is 7.11. The number of nitrogens with one attached hydrogen (secondary N) is 1. The highest BCUT2D eigenvalue weighted by Crippen LogP contribution is 2.37. The Balaban J connectivity index is 2.42. The third-order valence-electron chi connectivity index (χ3n) is 3.90. The molecular formula is C14H24N2O2S2. The van der Waals surface area contributed by atoms with Crippen LogP contribution in [0.15, 0.2) is 10.3 Å². The van der Waals surface area contributed by atoms with Gasteiger partial charge < -0.3 is 5.32 Å². The second-order valence-corrected chi connectivity index (χ2v) is 8.71. The van der Waals surface area contributed by atoms with Crippen LogP contribution in [0.1, 0.15) is 44.1 Å². The van der Waals surface area contributed by atoms with Crippen molar-refractivity contribution in [1.82, 2.24) is 9.62 Å². The molecule has 1 aliphatic heterocycles. The van der Waals surface area contributed by atoms with E-state index in [0.717, 1.165) is 29.8 Å². The van der Waals surface area contributed by atoms with Gasteiger partial charge in [-0.2, -0.15) is 4.31 Å².